The lowest BCUT2D eigenvalue weighted by Crippen LogP contribution is -2.22. The van der Waals surface area contributed by atoms with Crippen molar-refractivity contribution in [1.82, 2.24) is 20.2 Å². The van der Waals surface area contributed by atoms with Crippen LogP contribution in [0.3, 0.4) is 0 Å². The molecule has 1 fully saturated rings. The molecule has 0 aliphatic heterocycles. The third-order valence-corrected chi connectivity index (χ3v) is 3.45. The van der Waals surface area contributed by atoms with E-state index in [1.165, 1.54) is 11.0 Å². The van der Waals surface area contributed by atoms with Gasteiger partial charge in [0, 0.05) is 17.2 Å². The number of aryl methyl sites for hydroxylation is 1. The second-order valence-corrected chi connectivity index (χ2v) is 5.21. The number of carbonyl (C=O) groups is 1. The minimum absolute atomic E-state index is 0.147. The zero-order chi connectivity index (χ0) is 15.2. The second kappa shape index (κ2) is 6.91. The maximum absolute atomic E-state index is 11.7. The van der Waals surface area contributed by atoms with Crippen LogP contribution in [0.4, 0.5) is 5.95 Å². The van der Waals surface area contributed by atoms with Crippen LogP contribution in [0, 0.1) is 16.0 Å². The van der Waals surface area contributed by atoms with Gasteiger partial charge >= 0.3 is 5.95 Å². The zero-order valence-electron chi connectivity index (χ0n) is 11.9. The van der Waals surface area contributed by atoms with E-state index < -0.39 is 10.9 Å². The first kappa shape index (κ1) is 15.1. The first-order chi connectivity index (χ1) is 10.0. The van der Waals surface area contributed by atoms with E-state index in [-0.39, 0.29) is 18.9 Å². The maximum Gasteiger partial charge on any atom is 0.490 e. The minimum atomic E-state index is -0.674. The molecular formula is C12H18N6O3. The number of nitro groups is 1. The van der Waals surface area contributed by atoms with Crippen LogP contribution in [0.2, 0.25) is 0 Å². The van der Waals surface area contributed by atoms with Gasteiger partial charge in [-0.25, -0.2) is 5.43 Å². The van der Waals surface area contributed by atoms with Crippen LogP contribution >= 0.6 is 0 Å². The van der Waals surface area contributed by atoms with Crippen molar-refractivity contribution in [2.45, 2.75) is 45.6 Å². The third-order valence-electron chi connectivity index (χ3n) is 3.45. The molecule has 0 bridgehead atoms. The Morgan fingerprint density at radius 1 is 1.57 bits per heavy atom. The molecule has 2 rings (SSSR count). The van der Waals surface area contributed by atoms with E-state index in [2.05, 4.69) is 27.5 Å². The van der Waals surface area contributed by atoms with Crippen molar-refractivity contribution < 1.29 is 9.72 Å². The number of nitrogens with zero attached hydrogens (tertiary/aromatic N) is 5. The molecule has 0 radical (unpaired) electrons. The van der Waals surface area contributed by atoms with Gasteiger partial charge in [0.2, 0.25) is 12.2 Å². The summed E-state index contributed by atoms with van der Waals surface area (Å²) in [7, 11) is 0. The van der Waals surface area contributed by atoms with Gasteiger partial charge in [0.15, 0.2) is 0 Å². The number of carbonyl (C=O) groups excluding carboxylic acids is 1. The Hall–Kier alpha value is -2.32. The highest BCUT2D eigenvalue weighted by Gasteiger charge is 2.15. The molecule has 0 spiro atoms. The largest absolute Gasteiger partial charge is 0.490 e. The lowest BCUT2D eigenvalue weighted by molar-refractivity contribution is -0.394. The van der Waals surface area contributed by atoms with Crippen LogP contribution in [-0.4, -0.2) is 31.3 Å². The Morgan fingerprint density at radius 3 is 2.90 bits per heavy atom. The van der Waals surface area contributed by atoms with Gasteiger partial charge in [-0.05, 0) is 36.5 Å². The number of amides is 1. The molecule has 1 heterocycles. The molecule has 1 aromatic rings. The van der Waals surface area contributed by atoms with Crippen molar-refractivity contribution >= 4 is 17.6 Å². The molecule has 114 valence electrons. The van der Waals surface area contributed by atoms with Crippen LogP contribution in [0.5, 0.6) is 0 Å². The maximum atomic E-state index is 11.7. The summed E-state index contributed by atoms with van der Waals surface area (Å²) in [6.45, 7) is 2.45. The van der Waals surface area contributed by atoms with Gasteiger partial charge in [-0.3, -0.25) is 4.79 Å². The number of rotatable bonds is 5. The summed E-state index contributed by atoms with van der Waals surface area (Å²) < 4.78 is 1.27. The molecule has 0 aromatic carbocycles. The van der Waals surface area contributed by atoms with E-state index in [4.69, 9.17) is 0 Å². The van der Waals surface area contributed by atoms with Crippen molar-refractivity contribution in [3.63, 3.8) is 0 Å². The predicted molar refractivity (Wildman–Crippen MR) is 74.5 cm³/mol. The minimum Gasteiger partial charge on any atom is -0.390 e. The Balaban J connectivity index is 1.74. The summed E-state index contributed by atoms with van der Waals surface area (Å²) in [4.78, 5) is 24.9. The summed E-state index contributed by atoms with van der Waals surface area (Å²) in [6, 6.07) is 0. The highest BCUT2D eigenvalue weighted by Crippen LogP contribution is 2.20. The molecule has 0 saturated heterocycles. The molecule has 1 amide bonds. The van der Waals surface area contributed by atoms with Gasteiger partial charge in [-0.15, -0.1) is 0 Å². The SMILES string of the molecule is CC1CCC(=NNC(=O)CCn2cnc([N+](=O)[O-])n2)CC1. The fraction of sp³-hybridized carbons (Fsp3) is 0.667. The Labute approximate surface area is 121 Å². The number of hydrogen-bond donors (Lipinski definition) is 1. The summed E-state index contributed by atoms with van der Waals surface area (Å²) >= 11 is 0. The number of hydrazone groups is 1. The Morgan fingerprint density at radius 2 is 2.29 bits per heavy atom. The summed E-state index contributed by atoms with van der Waals surface area (Å²) in [5.41, 5.74) is 3.55. The fourth-order valence-electron chi connectivity index (χ4n) is 2.10. The number of aromatic nitrogens is 3. The van der Waals surface area contributed by atoms with Gasteiger partial charge in [0.05, 0.1) is 6.54 Å². The first-order valence-electron chi connectivity index (χ1n) is 6.92. The fourth-order valence-corrected chi connectivity index (χ4v) is 2.10. The van der Waals surface area contributed by atoms with Crippen molar-refractivity contribution in [2.75, 3.05) is 0 Å². The number of nitrogens with one attached hydrogen (secondary N) is 1. The molecule has 1 aliphatic rings. The summed E-state index contributed by atoms with van der Waals surface area (Å²) in [5, 5.41) is 18.2. The molecule has 0 atom stereocenters. The molecule has 1 aromatic heterocycles. The molecular weight excluding hydrogens is 276 g/mol. The van der Waals surface area contributed by atoms with Gasteiger partial charge in [-0.2, -0.15) is 9.78 Å². The highest BCUT2D eigenvalue weighted by molar-refractivity contribution is 5.86. The van der Waals surface area contributed by atoms with E-state index in [9.17, 15) is 14.9 Å². The van der Waals surface area contributed by atoms with Crippen molar-refractivity contribution in [1.29, 1.82) is 0 Å². The predicted octanol–water partition coefficient (Wildman–Crippen LogP) is 1.26. The van der Waals surface area contributed by atoms with Gasteiger partial charge in [-0.1, -0.05) is 11.9 Å². The average Bonchev–Trinajstić information content (AvgIpc) is 2.93. The molecule has 1 N–H and O–H groups in total. The quantitative estimate of drug-likeness (QED) is 0.648. The van der Waals surface area contributed by atoms with E-state index in [1.54, 1.807) is 0 Å². The zero-order valence-corrected chi connectivity index (χ0v) is 11.9. The average molecular weight is 294 g/mol. The van der Waals surface area contributed by atoms with E-state index in [0.717, 1.165) is 37.3 Å². The topological polar surface area (TPSA) is 115 Å². The highest BCUT2D eigenvalue weighted by atomic mass is 16.6. The van der Waals surface area contributed by atoms with Gasteiger partial charge < -0.3 is 10.1 Å². The van der Waals surface area contributed by atoms with Crippen molar-refractivity contribution in [2.24, 2.45) is 11.0 Å². The molecule has 9 nitrogen and oxygen atoms in total. The van der Waals surface area contributed by atoms with Crippen LogP contribution < -0.4 is 5.43 Å². The molecule has 1 aliphatic carbocycles. The lowest BCUT2D eigenvalue weighted by Gasteiger charge is -2.18. The smallest absolute Gasteiger partial charge is 0.390 e. The van der Waals surface area contributed by atoms with Crippen LogP contribution in [0.1, 0.15) is 39.0 Å². The van der Waals surface area contributed by atoms with Gasteiger partial charge in [0.25, 0.3) is 0 Å². The Kier molecular flexibility index (Phi) is 4.96. The normalized spacial score (nSPS) is 18.3. The summed E-state index contributed by atoms with van der Waals surface area (Å²) in [6.07, 6.45) is 5.45. The molecule has 1 saturated carbocycles. The standard InChI is InChI=1S/C12H18N6O3/c1-9-2-4-10(5-3-9)14-15-11(19)6-7-17-8-13-12(16-17)18(20)21/h8-9H,2-7H2,1H3,(H,15,19). The third kappa shape index (κ3) is 4.62. The second-order valence-electron chi connectivity index (χ2n) is 5.21. The molecule has 0 unspecified atom stereocenters. The van der Waals surface area contributed by atoms with E-state index in [1.807, 2.05) is 0 Å². The monoisotopic (exact) mass is 294 g/mol. The lowest BCUT2D eigenvalue weighted by atomic mass is 9.90. The van der Waals surface area contributed by atoms with Crippen LogP contribution in [-0.2, 0) is 11.3 Å². The van der Waals surface area contributed by atoms with Crippen LogP contribution in [0.15, 0.2) is 11.4 Å². The molecule has 9 heteroatoms. The Bertz CT molecular complexity index is 543. The summed E-state index contributed by atoms with van der Waals surface area (Å²) in [5.74, 6) is 0.0222. The first-order valence-corrected chi connectivity index (χ1v) is 6.92. The van der Waals surface area contributed by atoms with Crippen molar-refractivity contribution in [3.8, 4) is 0 Å². The number of hydrogen-bond acceptors (Lipinski definition) is 6. The van der Waals surface area contributed by atoms with Crippen LogP contribution in [0.25, 0.3) is 0 Å². The van der Waals surface area contributed by atoms with Gasteiger partial charge in [0.1, 0.15) is 0 Å². The van der Waals surface area contributed by atoms with E-state index in [0.29, 0.717) is 0 Å². The van der Waals surface area contributed by atoms with E-state index >= 15 is 0 Å². The van der Waals surface area contributed by atoms with Crippen molar-refractivity contribution in [3.05, 3.63) is 16.4 Å². The molecule has 21 heavy (non-hydrogen) atoms.